The number of methoxy groups -OCH3 is 1. The van der Waals surface area contributed by atoms with E-state index in [1.165, 1.54) is 10.8 Å². The van der Waals surface area contributed by atoms with Crippen LogP contribution >= 0.6 is 0 Å². The summed E-state index contributed by atoms with van der Waals surface area (Å²) < 4.78 is 5.23. The molecule has 4 N–H and O–H groups in total. The Kier molecular flexibility index (Phi) is 4.40. The third-order valence-corrected chi connectivity index (χ3v) is 3.56. The highest BCUT2D eigenvalue weighted by Crippen LogP contribution is 2.25. The van der Waals surface area contributed by atoms with Crippen LogP contribution in [0, 0.1) is 5.92 Å². The summed E-state index contributed by atoms with van der Waals surface area (Å²) in [6.07, 6.45) is 0.915. The van der Waals surface area contributed by atoms with Gasteiger partial charge in [-0.1, -0.05) is 25.1 Å². The van der Waals surface area contributed by atoms with E-state index in [4.69, 9.17) is 16.2 Å². The van der Waals surface area contributed by atoms with Gasteiger partial charge in [-0.3, -0.25) is 0 Å². The van der Waals surface area contributed by atoms with Gasteiger partial charge >= 0.3 is 0 Å². The molecule has 3 heteroatoms. The smallest absolute Gasteiger partial charge is 0.119 e. The molecule has 0 fully saturated rings. The number of fused-ring (bicyclic) bond motifs is 1. The van der Waals surface area contributed by atoms with Gasteiger partial charge in [0, 0.05) is 6.04 Å². The molecule has 102 valence electrons. The minimum absolute atomic E-state index is 0.0463. The lowest BCUT2D eigenvalue weighted by Crippen LogP contribution is -2.19. The van der Waals surface area contributed by atoms with Crippen LogP contribution in [-0.2, 0) is 0 Å². The molecular weight excluding hydrogens is 236 g/mol. The van der Waals surface area contributed by atoms with E-state index < -0.39 is 0 Å². The van der Waals surface area contributed by atoms with Gasteiger partial charge < -0.3 is 16.2 Å². The molecule has 0 radical (unpaired) electrons. The second-order valence-electron chi connectivity index (χ2n) is 5.16. The van der Waals surface area contributed by atoms with Crippen molar-refractivity contribution in [1.29, 1.82) is 0 Å². The van der Waals surface area contributed by atoms with Crippen molar-refractivity contribution in [2.45, 2.75) is 19.4 Å². The third kappa shape index (κ3) is 3.25. The molecule has 2 unspecified atom stereocenters. The average molecular weight is 258 g/mol. The van der Waals surface area contributed by atoms with Gasteiger partial charge in [0.1, 0.15) is 5.75 Å². The molecule has 0 saturated carbocycles. The lowest BCUT2D eigenvalue weighted by atomic mass is 9.95. The van der Waals surface area contributed by atoms with E-state index in [0.717, 1.165) is 17.7 Å². The van der Waals surface area contributed by atoms with E-state index in [-0.39, 0.29) is 6.04 Å². The van der Waals surface area contributed by atoms with Crippen LogP contribution in [0.5, 0.6) is 5.75 Å². The van der Waals surface area contributed by atoms with Crippen LogP contribution in [0.4, 0.5) is 0 Å². The minimum Gasteiger partial charge on any atom is -0.497 e. The van der Waals surface area contributed by atoms with Crippen molar-refractivity contribution in [2.75, 3.05) is 13.7 Å². The molecule has 19 heavy (non-hydrogen) atoms. The van der Waals surface area contributed by atoms with E-state index in [1.807, 2.05) is 12.1 Å². The summed E-state index contributed by atoms with van der Waals surface area (Å²) in [5.41, 5.74) is 13.1. The summed E-state index contributed by atoms with van der Waals surface area (Å²) in [4.78, 5) is 0. The maximum atomic E-state index is 6.24. The zero-order valence-electron chi connectivity index (χ0n) is 11.6. The fourth-order valence-corrected chi connectivity index (χ4v) is 2.27. The molecule has 2 aromatic rings. The van der Waals surface area contributed by atoms with Gasteiger partial charge in [0.05, 0.1) is 7.11 Å². The normalized spacial score (nSPS) is 14.3. The lowest BCUT2D eigenvalue weighted by Gasteiger charge is -2.16. The van der Waals surface area contributed by atoms with E-state index in [2.05, 4.69) is 31.2 Å². The molecule has 0 spiro atoms. The Bertz CT molecular complexity index is 553. The third-order valence-electron chi connectivity index (χ3n) is 3.56. The Balaban J connectivity index is 2.26. The van der Waals surface area contributed by atoms with E-state index in [9.17, 15) is 0 Å². The molecule has 2 rings (SSSR count). The highest BCUT2D eigenvalue weighted by Gasteiger charge is 2.10. The number of hydrogen-bond acceptors (Lipinski definition) is 3. The van der Waals surface area contributed by atoms with Crippen molar-refractivity contribution in [3.05, 3.63) is 42.0 Å². The van der Waals surface area contributed by atoms with Crippen LogP contribution in [0.3, 0.4) is 0 Å². The van der Waals surface area contributed by atoms with Crippen LogP contribution < -0.4 is 16.2 Å². The summed E-state index contributed by atoms with van der Waals surface area (Å²) in [6, 6.07) is 12.5. The Labute approximate surface area is 114 Å². The molecule has 0 aromatic heterocycles. The fourth-order valence-electron chi connectivity index (χ4n) is 2.27. The number of nitrogens with two attached hydrogens (primary N) is 2. The number of hydrogen-bond donors (Lipinski definition) is 2. The van der Waals surface area contributed by atoms with Crippen LogP contribution in [0.25, 0.3) is 10.8 Å². The first-order valence-corrected chi connectivity index (χ1v) is 6.67. The monoisotopic (exact) mass is 258 g/mol. The first-order chi connectivity index (χ1) is 9.13. The standard InChI is InChI=1S/C16H22N2O/c1-11(10-17)7-16(18)14-4-3-13-9-15(19-2)6-5-12(13)8-14/h3-6,8-9,11,16H,7,10,17-18H2,1-2H3. The van der Waals surface area contributed by atoms with Crippen molar-refractivity contribution in [3.8, 4) is 5.75 Å². The van der Waals surface area contributed by atoms with Gasteiger partial charge in [-0.15, -0.1) is 0 Å². The summed E-state index contributed by atoms with van der Waals surface area (Å²) in [7, 11) is 1.68. The fraction of sp³-hybridized carbons (Fsp3) is 0.375. The van der Waals surface area contributed by atoms with Crippen LogP contribution in [-0.4, -0.2) is 13.7 Å². The Morgan fingerprint density at radius 1 is 1.11 bits per heavy atom. The highest BCUT2D eigenvalue weighted by atomic mass is 16.5. The van der Waals surface area contributed by atoms with Gasteiger partial charge in [-0.05, 0) is 53.4 Å². The molecule has 2 atom stereocenters. The second kappa shape index (κ2) is 6.04. The zero-order chi connectivity index (χ0) is 13.8. The number of ether oxygens (including phenoxy) is 1. The molecule has 2 aromatic carbocycles. The minimum atomic E-state index is 0.0463. The van der Waals surface area contributed by atoms with Crippen molar-refractivity contribution in [2.24, 2.45) is 17.4 Å². The Morgan fingerprint density at radius 2 is 1.79 bits per heavy atom. The summed E-state index contributed by atoms with van der Waals surface area (Å²) in [5.74, 6) is 1.32. The maximum Gasteiger partial charge on any atom is 0.119 e. The van der Waals surface area contributed by atoms with Crippen LogP contribution in [0.1, 0.15) is 24.9 Å². The first kappa shape index (κ1) is 13.8. The molecule has 0 aliphatic rings. The summed E-state index contributed by atoms with van der Waals surface area (Å²) in [5, 5.41) is 2.36. The van der Waals surface area contributed by atoms with Crippen LogP contribution in [0.15, 0.2) is 36.4 Å². The molecule has 0 saturated heterocycles. The topological polar surface area (TPSA) is 61.3 Å². The predicted molar refractivity (Wildman–Crippen MR) is 80.3 cm³/mol. The molecular formula is C16H22N2O. The molecule has 0 amide bonds. The first-order valence-electron chi connectivity index (χ1n) is 6.67. The molecule has 0 heterocycles. The highest BCUT2D eigenvalue weighted by molar-refractivity contribution is 5.84. The predicted octanol–water partition coefficient (Wildman–Crippen LogP) is 2.83. The van der Waals surface area contributed by atoms with Crippen molar-refractivity contribution < 1.29 is 4.74 Å². The van der Waals surface area contributed by atoms with Gasteiger partial charge in [0.2, 0.25) is 0 Å². The largest absolute Gasteiger partial charge is 0.497 e. The lowest BCUT2D eigenvalue weighted by molar-refractivity contribution is 0.415. The summed E-state index contributed by atoms with van der Waals surface area (Å²) >= 11 is 0. The maximum absolute atomic E-state index is 6.24. The van der Waals surface area contributed by atoms with Crippen LogP contribution in [0.2, 0.25) is 0 Å². The molecule has 0 bridgehead atoms. The molecule has 0 aliphatic heterocycles. The molecule has 3 nitrogen and oxygen atoms in total. The van der Waals surface area contributed by atoms with Crippen molar-refractivity contribution >= 4 is 10.8 Å². The zero-order valence-corrected chi connectivity index (χ0v) is 11.6. The van der Waals surface area contributed by atoms with Crippen molar-refractivity contribution in [1.82, 2.24) is 0 Å². The summed E-state index contributed by atoms with van der Waals surface area (Å²) in [6.45, 7) is 2.81. The van der Waals surface area contributed by atoms with E-state index >= 15 is 0 Å². The van der Waals surface area contributed by atoms with Gasteiger partial charge in [0.15, 0.2) is 0 Å². The number of rotatable bonds is 5. The van der Waals surface area contributed by atoms with Gasteiger partial charge in [-0.2, -0.15) is 0 Å². The van der Waals surface area contributed by atoms with E-state index in [1.54, 1.807) is 7.11 Å². The van der Waals surface area contributed by atoms with E-state index in [0.29, 0.717) is 12.5 Å². The van der Waals surface area contributed by atoms with Crippen molar-refractivity contribution in [3.63, 3.8) is 0 Å². The molecule has 0 aliphatic carbocycles. The quantitative estimate of drug-likeness (QED) is 0.867. The van der Waals surface area contributed by atoms with Gasteiger partial charge in [-0.25, -0.2) is 0 Å². The Morgan fingerprint density at radius 3 is 2.47 bits per heavy atom. The second-order valence-corrected chi connectivity index (χ2v) is 5.16. The Hall–Kier alpha value is -1.58. The number of benzene rings is 2. The average Bonchev–Trinajstić information content (AvgIpc) is 2.45. The van der Waals surface area contributed by atoms with Gasteiger partial charge in [0.25, 0.3) is 0 Å². The SMILES string of the molecule is COc1ccc2cc(C(N)CC(C)CN)ccc2c1.